The summed E-state index contributed by atoms with van der Waals surface area (Å²) in [6.45, 7) is 3.45. The van der Waals surface area contributed by atoms with Gasteiger partial charge in [-0.25, -0.2) is 0 Å². The largest absolute Gasteiger partial charge is 0.399 e. The van der Waals surface area contributed by atoms with E-state index in [9.17, 15) is 0 Å². The quantitative estimate of drug-likeness (QED) is 0.867. The molecular weight excluding hydrogens is 296 g/mol. The first-order chi connectivity index (χ1) is 8.19. The Morgan fingerprint density at radius 1 is 1.41 bits per heavy atom. The molecule has 0 atom stereocenters. The topological polar surface area (TPSA) is 29.3 Å². The van der Waals surface area contributed by atoms with Crippen molar-refractivity contribution < 1.29 is 0 Å². The fourth-order valence-corrected chi connectivity index (χ4v) is 3.44. The summed E-state index contributed by atoms with van der Waals surface area (Å²) in [5.41, 5.74) is 7.91. The Labute approximate surface area is 116 Å². The minimum atomic E-state index is 0.821. The first-order valence-electron chi connectivity index (χ1n) is 5.98. The maximum absolute atomic E-state index is 5.75. The molecule has 17 heavy (non-hydrogen) atoms. The van der Waals surface area contributed by atoms with Gasteiger partial charge in [-0.1, -0.05) is 22.0 Å². The molecule has 0 saturated carbocycles. The number of rotatable bonds is 3. The van der Waals surface area contributed by atoms with E-state index in [4.69, 9.17) is 5.73 Å². The van der Waals surface area contributed by atoms with Gasteiger partial charge in [0.2, 0.25) is 0 Å². The lowest BCUT2D eigenvalue weighted by Crippen LogP contribution is -2.34. The van der Waals surface area contributed by atoms with Crippen LogP contribution in [0, 0.1) is 0 Å². The lowest BCUT2D eigenvalue weighted by Gasteiger charge is -2.31. The zero-order chi connectivity index (χ0) is 12.3. The van der Waals surface area contributed by atoms with Crippen LogP contribution in [0.25, 0.3) is 0 Å². The van der Waals surface area contributed by atoms with Crippen molar-refractivity contribution in [3.63, 3.8) is 0 Å². The van der Waals surface area contributed by atoms with Gasteiger partial charge in [0.15, 0.2) is 0 Å². The molecule has 0 aromatic heterocycles. The maximum atomic E-state index is 5.75. The van der Waals surface area contributed by atoms with Crippen LogP contribution in [0.15, 0.2) is 22.7 Å². The molecule has 2 N–H and O–H groups in total. The first kappa shape index (κ1) is 13.2. The van der Waals surface area contributed by atoms with Gasteiger partial charge >= 0.3 is 0 Å². The summed E-state index contributed by atoms with van der Waals surface area (Å²) in [5.74, 6) is 0. The Hall–Kier alpha value is -0.190. The van der Waals surface area contributed by atoms with Gasteiger partial charge in [0.1, 0.15) is 0 Å². The number of hydrogen-bond donors (Lipinski definition) is 1. The Bertz CT molecular complexity index is 376. The van der Waals surface area contributed by atoms with E-state index in [2.05, 4.69) is 33.2 Å². The average molecular weight is 315 g/mol. The van der Waals surface area contributed by atoms with E-state index in [0.717, 1.165) is 22.0 Å². The van der Waals surface area contributed by atoms with Crippen LogP contribution in [0.1, 0.15) is 18.4 Å². The molecule has 0 radical (unpaired) electrons. The number of hydrogen-bond acceptors (Lipinski definition) is 3. The van der Waals surface area contributed by atoms with Crippen LogP contribution >= 0.6 is 27.7 Å². The van der Waals surface area contributed by atoms with E-state index in [1.165, 1.54) is 31.5 Å². The second kappa shape index (κ2) is 6.12. The highest BCUT2D eigenvalue weighted by Gasteiger charge is 2.18. The number of nitrogens with zero attached hydrogens (tertiary/aromatic N) is 1. The van der Waals surface area contributed by atoms with E-state index >= 15 is 0 Å². The predicted octanol–water partition coefficient (Wildman–Crippen LogP) is 3.36. The van der Waals surface area contributed by atoms with Crippen molar-refractivity contribution in [1.82, 2.24) is 4.90 Å². The van der Waals surface area contributed by atoms with Crippen LogP contribution in [-0.4, -0.2) is 29.5 Å². The van der Waals surface area contributed by atoms with Crippen molar-refractivity contribution in [3.8, 4) is 0 Å². The summed E-state index contributed by atoms with van der Waals surface area (Å²) in [7, 11) is 0. The minimum absolute atomic E-state index is 0.821. The molecule has 1 aliphatic heterocycles. The van der Waals surface area contributed by atoms with Crippen molar-refractivity contribution in [2.24, 2.45) is 0 Å². The van der Waals surface area contributed by atoms with Crippen molar-refractivity contribution in [3.05, 3.63) is 28.2 Å². The number of nitrogen functional groups attached to an aromatic ring is 1. The maximum Gasteiger partial charge on any atom is 0.0325 e. The molecule has 2 nitrogen and oxygen atoms in total. The third-order valence-corrected chi connectivity index (χ3v) is 5.22. The molecule has 0 aliphatic carbocycles. The standard InChI is InChI=1S/C13H19BrN2S/c1-17-12-4-6-16(7-5-12)9-10-2-3-11(15)8-13(10)14/h2-3,8,12H,4-7,9,15H2,1H3. The van der Waals surface area contributed by atoms with Crippen LogP contribution in [-0.2, 0) is 6.54 Å². The zero-order valence-electron chi connectivity index (χ0n) is 10.2. The SMILES string of the molecule is CSC1CCN(Cc2ccc(N)cc2Br)CC1. The highest BCUT2D eigenvalue weighted by atomic mass is 79.9. The lowest BCUT2D eigenvalue weighted by atomic mass is 10.1. The van der Waals surface area contributed by atoms with Gasteiger partial charge in [0.25, 0.3) is 0 Å². The molecule has 0 spiro atoms. The van der Waals surface area contributed by atoms with Crippen molar-refractivity contribution >= 4 is 33.4 Å². The Balaban J connectivity index is 1.93. The molecule has 1 aromatic carbocycles. The average Bonchev–Trinajstić information content (AvgIpc) is 2.34. The molecule has 1 saturated heterocycles. The Morgan fingerprint density at radius 2 is 2.12 bits per heavy atom. The number of nitrogens with two attached hydrogens (primary N) is 1. The molecule has 0 bridgehead atoms. The molecule has 0 amide bonds. The Morgan fingerprint density at radius 3 is 2.71 bits per heavy atom. The van der Waals surface area contributed by atoms with E-state index in [0.29, 0.717) is 0 Å². The van der Waals surface area contributed by atoms with Crippen LogP contribution in [0.4, 0.5) is 5.69 Å². The lowest BCUT2D eigenvalue weighted by molar-refractivity contribution is 0.224. The highest BCUT2D eigenvalue weighted by Crippen LogP contribution is 2.25. The molecule has 94 valence electrons. The van der Waals surface area contributed by atoms with Gasteiger partial charge in [0.05, 0.1) is 0 Å². The number of piperidine rings is 1. The molecule has 1 fully saturated rings. The van der Waals surface area contributed by atoms with Gasteiger partial charge in [-0.3, -0.25) is 4.90 Å². The molecule has 0 unspecified atom stereocenters. The highest BCUT2D eigenvalue weighted by molar-refractivity contribution is 9.10. The Kier molecular flexibility index (Phi) is 4.77. The second-order valence-electron chi connectivity index (χ2n) is 4.56. The molecule has 2 rings (SSSR count). The van der Waals surface area contributed by atoms with E-state index in [-0.39, 0.29) is 0 Å². The van der Waals surface area contributed by atoms with Crippen LogP contribution < -0.4 is 5.73 Å². The molecule has 1 aromatic rings. The van der Waals surface area contributed by atoms with Gasteiger partial charge in [-0.05, 0) is 49.9 Å². The summed E-state index contributed by atoms with van der Waals surface area (Å²) in [5, 5.41) is 0.862. The molecule has 4 heteroatoms. The molecular formula is C13H19BrN2S. The third kappa shape index (κ3) is 3.63. The normalized spacial score (nSPS) is 18.5. The monoisotopic (exact) mass is 314 g/mol. The van der Waals surface area contributed by atoms with Crippen LogP contribution in [0.3, 0.4) is 0 Å². The van der Waals surface area contributed by atoms with Crippen molar-refractivity contribution in [1.29, 1.82) is 0 Å². The summed E-state index contributed by atoms with van der Waals surface area (Å²) < 4.78 is 1.13. The second-order valence-corrected chi connectivity index (χ2v) is 6.55. The van der Waals surface area contributed by atoms with Gasteiger partial charge in [-0.2, -0.15) is 11.8 Å². The number of halogens is 1. The number of likely N-dealkylation sites (tertiary alicyclic amines) is 1. The number of thioether (sulfide) groups is 1. The number of benzene rings is 1. The van der Waals surface area contributed by atoms with Gasteiger partial charge in [-0.15, -0.1) is 0 Å². The fraction of sp³-hybridized carbons (Fsp3) is 0.538. The summed E-state index contributed by atoms with van der Waals surface area (Å²) in [6.07, 6.45) is 4.85. The van der Waals surface area contributed by atoms with E-state index < -0.39 is 0 Å². The smallest absolute Gasteiger partial charge is 0.0325 e. The summed E-state index contributed by atoms with van der Waals surface area (Å²) in [4.78, 5) is 2.53. The molecule has 1 aliphatic rings. The third-order valence-electron chi connectivity index (χ3n) is 3.34. The van der Waals surface area contributed by atoms with Gasteiger partial charge < -0.3 is 5.73 Å². The summed E-state index contributed by atoms with van der Waals surface area (Å²) in [6, 6.07) is 6.10. The minimum Gasteiger partial charge on any atom is -0.399 e. The fourth-order valence-electron chi connectivity index (χ4n) is 2.24. The zero-order valence-corrected chi connectivity index (χ0v) is 12.6. The van der Waals surface area contributed by atoms with Crippen molar-refractivity contribution in [2.45, 2.75) is 24.6 Å². The van der Waals surface area contributed by atoms with Crippen molar-refractivity contribution in [2.75, 3.05) is 25.1 Å². The predicted molar refractivity (Wildman–Crippen MR) is 80.4 cm³/mol. The van der Waals surface area contributed by atoms with Crippen LogP contribution in [0.5, 0.6) is 0 Å². The summed E-state index contributed by atoms with van der Waals surface area (Å²) >= 11 is 5.60. The van der Waals surface area contributed by atoms with Gasteiger partial charge in [0, 0.05) is 22.0 Å². The van der Waals surface area contributed by atoms with E-state index in [1.54, 1.807) is 0 Å². The van der Waals surface area contributed by atoms with E-state index in [1.807, 2.05) is 23.9 Å². The number of anilines is 1. The van der Waals surface area contributed by atoms with Crippen LogP contribution in [0.2, 0.25) is 0 Å². The molecule has 1 heterocycles. The first-order valence-corrected chi connectivity index (χ1v) is 8.06.